The number of nitrogens with zero attached hydrogens (tertiary/aromatic N) is 2. The van der Waals surface area contributed by atoms with Crippen LogP contribution < -0.4 is 4.74 Å². The lowest BCUT2D eigenvalue weighted by atomic mass is 10.1. The summed E-state index contributed by atoms with van der Waals surface area (Å²) in [5.41, 5.74) is 2.78. The van der Waals surface area contributed by atoms with Crippen LogP contribution in [0.3, 0.4) is 0 Å². The van der Waals surface area contributed by atoms with Crippen molar-refractivity contribution < 1.29 is 4.74 Å². The van der Waals surface area contributed by atoms with Gasteiger partial charge in [0.15, 0.2) is 0 Å². The molecule has 3 heterocycles. The van der Waals surface area contributed by atoms with E-state index in [-0.39, 0.29) is 0 Å². The lowest BCUT2D eigenvalue weighted by Crippen LogP contribution is -1.92. The molecule has 1 aromatic carbocycles. The van der Waals surface area contributed by atoms with Crippen LogP contribution in [0.4, 0.5) is 0 Å². The van der Waals surface area contributed by atoms with Crippen molar-refractivity contribution in [1.29, 1.82) is 0 Å². The van der Waals surface area contributed by atoms with E-state index in [4.69, 9.17) is 4.74 Å². The van der Waals surface area contributed by atoms with E-state index in [0.717, 1.165) is 31.5 Å². The fourth-order valence-electron chi connectivity index (χ4n) is 2.41. The molecule has 0 radical (unpaired) electrons. The van der Waals surface area contributed by atoms with Gasteiger partial charge >= 0.3 is 0 Å². The van der Waals surface area contributed by atoms with Crippen molar-refractivity contribution in [3.8, 4) is 22.8 Å². The predicted molar refractivity (Wildman–Crippen MR) is 98.6 cm³/mol. The number of fused-ring (bicyclic) bond motifs is 1. The molecule has 0 atom stereocenters. The number of pyridine rings is 2. The summed E-state index contributed by atoms with van der Waals surface area (Å²) in [7, 11) is 0. The van der Waals surface area contributed by atoms with Crippen LogP contribution in [0.5, 0.6) is 11.6 Å². The molecule has 0 unspecified atom stereocenters. The van der Waals surface area contributed by atoms with E-state index in [1.54, 1.807) is 6.20 Å². The van der Waals surface area contributed by atoms with Gasteiger partial charge in [0.1, 0.15) is 11.4 Å². The van der Waals surface area contributed by atoms with E-state index in [2.05, 4.69) is 43.6 Å². The largest absolute Gasteiger partial charge is 0.438 e. The number of ether oxygens (including phenoxy) is 1. The summed E-state index contributed by atoms with van der Waals surface area (Å²) in [6.07, 6.45) is 5.52. The van der Waals surface area contributed by atoms with Crippen LogP contribution in [0.2, 0.25) is 0 Å². The molecule has 0 aliphatic heterocycles. The van der Waals surface area contributed by atoms with E-state index >= 15 is 0 Å². The molecule has 0 aliphatic carbocycles. The minimum Gasteiger partial charge on any atom is -0.438 e. The quantitative estimate of drug-likeness (QED) is 0.480. The topological polar surface area (TPSA) is 50.8 Å². The van der Waals surface area contributed by atoms with Crippen molar-refractivity contribution in [2.75, 3.05) is 0 Å². The van der Waals surface area contributed by atoms with Crippen LogP contribution >= 0.6 is 22.6 Å². The van der Waals surface area contributed by atoms with Crippen LogP contribution in [0.25, 0.3) is 22.2 Å². The molecule has 0 fully saturated rings. The number of hydrogen-bond acceptors (Lipinski definition) is 3. The maximum atomic E-state index is 5.94. The lowest BCUT2D eigenvalue weighted by Gasteiger charge is -2.10. The van der Waals surface area contributed by atoms with E-state index in [1.165, 1.54) is 0 Å². The monoisotopic (exact) mass is 413 g/mol. The van der Waals surface area contributed by atoms with E-state index in [9.17, 15) is 0 Å². The average Bonchev–Trinajstić information content (AvgIpc) is 2.97. The zero-order valence-corrected chi connectivity index (χ0v) is 14.2. The summed E-state index contributed by atoms with van der Waals surface area (Å²) in [6.45, 7) is 0. The van der Waals surface area contributed by atoms with E-state index in [1.807, 2.05) is 54.9 Å². The smallest absolute Gasteiger partial charge is 0.227 e. The highest BCUT2D eigenvalue weighted by atomic mass is 127. The molecule has 0 bridgehead atoms. The van der Waals surface area contributed by atoms with Gasteiger partial charge in [-0.05, 0) is 52.9 Å². The molecule has 0 aliphatic rings. The minimum atomic E-state index is 0.574. The van der Waals surface area contributed by atoms with Gasteiger partial charge in [-0.3, -0.25) is 0 Å². The third-order valence-electron chi connectivity index (χ3n) is 3.52. The Labute approximate surface area is 146 Å². The number of benzene rings is 1. The SMILES string of the molecule is Ic1c[nH]c2ncc(-c3cccnc3Oc3ccccc3)cc12. The summed E-state index contributed by atoms with van der Waals surface area (Å²) in [6, 6.07) is 15.7. The number of H-pyrrole nitrogens is 1. The zero-order chi connectivity index (χ0) is 15.6. The summed E-state index contributed by atoms with van der Waals surface area (Å²) in [5, 5.41) is 1.10. The van der Waals surface area contributed by atoms with Crippen LogP contribution in [-0.2, 0) is 0 Å². The highest BCUT2D eigenvalue weighted by Crippen LogP contribution is 2.32. The second-order valence-electron chi connectivity index (χ2n) is 5.03. The minimum absolute atomic E-state index is 0.574. The van der Waals surface area contributed by atoms with Crippen molar-refractivity contribution in [1.82, 2.24) is 15.0 Å². The van der Waals surface area contributed by atoms with Gasteiger partial charge in [-0.25, -0.2) is 9.97 Å². The number of nitrogens with one attached hydrogen (secondary N) is 1. The van der Waals surface area contributed by atoms with Crippen LogP contribution in [0.1, 0.15) is 0 Å². The standard InChI is InChI=1S/C18H12IN3O/c19-16-11-22-17-15(16)9-12(10-21-17)14-7-4-8-20-18(14)23-13-5-2-1-3-6-13/h1-11H,(H,21,22). The third-order valence-corrected chi connectivity index (χ3v) is 4.41. The van der Waals surface area contributed by atoms with Gasteiger partial charge in [0, 0.05) is 38.7 Å². The summed E-state index contributed by atoms with van der Waals surface area (Å²) in [5.74, 6) is 1.34. The van der Waals surface area contributed by atoms with Gasteiger partial charge in [0.05, 0.1) is 0 Å². The number of hydrogen-bond donors (Lipinski definition) is 1. The number of para-hydroxylation sites is 1. The lowest BCUT2D eigenvalue weighted by molar-refractivity contribution is 0.465. The Morgan fingerprint density at radius 2 is 1.87 bits per heavy atom. The van der Waals surface area contributed by atoms with Crippen molar-refractivity contribution >= 4 is 33.6 Å². The first-order valence-corrected chi connectivity index (χ1v) is 8.20. The Morgan fingerprint density at radius 3 is 2.74 bits per heavy atom. The van der Waals surface area contributed by atoms with Crippen LogP contribution in [0.15, 0.2) is 67.1 Å². The Hall–Kier alpha value is -2.41. The normalized spacial score (nSPS) is 10.8. The summed E-state index contributed by atoms with van der Waals surface area (Å²) < 4.78 is 7.08. The van der Waals surface area contributed by atoms with E-state index < -0.39 is 0 Å². The Bertz CT molecular complexity index is 966. The molecule has 23 heavy (non-hydrogen) atoms. The molecule has 5 heteroatoms. The molecule has 4 nitrogen and oxygen atoms in total. The molecule has 3 aromatic heterocycles. The van der Waals surface area contributed by atoms with Gasteiger partial charge in [0.25, 0.3) is 0 Å². The zero-order valence-electron chi connectivity index (χ0n) is 12.0. The van der Waals surface area contributed by atoms with Crippen molar-refractivity contribution in [3.63, 3.8) is 0 Å². The molecule has 1 N–H and O–H groups in total. The molecule has 112 valence electrons. The van der Waals surface area contributed by atoms with Gasteiger partial charge in [-0.1, -0.05) is 18.2 Å². The van der Waals surface area contributed by atoms with Crippen molar-refractivity contribution in [3.05, 3.63) is 70.7 Å². The first kappa shape index (κ1) is 14.2. The number of halogens is 1. The van der Waals surface area contributed by atoms with Crippen LogP contribution in [-0.4, -0.2) is 15.0 Å². The Morgan fingerprint density at radius 1 is 1.00 bits per heavy atom. The average molecular weight is 413 g/mol. The maximum Gasteiger partial charge on any atom is 0.227 e. The summed E-state index contributed by atoms with van der Waals surface area (Å²) in [4.78, 5) is 12.0. The highest BCUT2D eigenvalue weighted by molar-refractivity contribution is 14.1. The third kappa shape index (κ3) is 2.79. The highest BCUT2D eigenvalue weighted by Gasteiger charge is 2.11. The Balaban J connectivity index is 1.80. The molecule has 4 aromatic rings. The first-order chi connectivity index (χ1) is 11.3. The predicted octanol–water partition coefficient (Wildman–Crippen LogP) is 5.02. The molecule has 0 spiro atoms. The molecular formula is C18H12IN3O. The second kappa shape index (κ2) is 6.00. The van der Waals surface area contributed by atoms with Crippen molar-refractivity contribution in [2.45, 2.75) is 0 Å². The number of aromatic nitrogens is 3. The molecule has 0 amide bonds. The molecule has 0 saturated carbocycles. The van der Waals surface area contributed by atoms with E-state index in [0.29, 0.717) is 5.88 Å². The molecule has 0 saturated heterocycles. The Kier molecular flexibility index (Phi) is 3.70. The van der Waals surface area contributed by atoms with Gasteiger partial charge in [-0.2, -0.15) is 0 Å². The first-order valence-electron chi connectivity index (χ1n) is 7.12. The second-order valence-corrected chi connectivity index (χ2v) is 6.19. The van der Waals surface area contributed by atoms with Gasteiger partial charge in [-0.15, -0.1) is 0 Å². The van der Waals surface area contributed by atoms with Gasteiger partial charge < -0.3 is 9.72 Å². The molecule has 4 rings (SSSR count). The van der Waals surface area contributed by atoms with Crippen LogP contribution in [0, 0.1) is 3.57 Å². The molecular weight excluding hydrogens is 401 g/mol. The van der Waals surface area contributed by atoms with Crippen molar-refractivity contribution in [2.24, 2.45) is 0 Å². The maximum absolute atomic E-state index is 5.94. The fourth-order valence-corrected chi connectivity index (χ4v) is 2.98. The summed E-state index contributed by atoms with van der Waals surface area (Å²) >= 11 is 2.30. The fraction of sp³-hybridized carbons (Fsp3) is 0. The number of aromatic amines is 1. The van der Waals surface area contributed by atoms with Gasteiger partial charge in [0.2, 0.25) is 5.88 Å². The number of rotatable bonds is 3.